The van der Waals surface area contributed by atoms with Crippen molar-refractivity contribution < 1.29 is 18.8 Å². The number of hydrogen-bond acceptors (Lipinski definition) is 5. The SMILES string of the molecule is [2H]C([2H])([2H])c1cccc(C)c1COc1cnc(N2C[C@@H](CO)NC2=O)nc1. The van der Waals surface area contributed by atoms with Gasteiger partial charge in [0.05, 0.1) is 31.6 Å². The Kier molecular flexibility index (Phi) is 3.62. The van der Waals surface area contributed by atoms with Crippen LogP contribution in [0.5, 0.6) is 5.75 Å². The summed E-state index contributed by atoms with van der Waals surface area (Å²) in [7, 11) is 0. The van der Waals surface area contributed by atoms with E-state index >= 15 is 0 Å². The first-order chi connectivity index (χ1) is 12.8. The van der Waals surface area contributed by atoms with E-state index in [2.05, 4.69) is 15.3 Å². The molecule has 0 saturated carbocycles. The van der Waals surface area contributed by atoms with E-state index in [0.717, 1.165) is 5.56 Å². The second-order valence-electron chi connectivity index (χ2n) is 5.55. The molecule has 1 atom stereocenters. The molecule has 1 saturated heterocycles. The van der Waals surface area contributed by atoms with Crippen molar-refractivity contribution in [1.82, 2.24) is 15.3 Å². The maximum atomic E-state index is 11.8. The van der Waals surface area contributed by atoms with Gasteiger partial charge in [-0.15, -0.1) is 0 Å². The van der Waals surface area contributed by atoms with Crippen molar-refractivity contribution in [3.8, 4) is 5.75 Å². The molecular formula is C17H20N4O3. The number of ether oxygens (including phenoxy) is 1. The number of carbonyl (C=O) groups excluding carboxylic acids is 1. The molecule has 3 rings (SSSR count). The molecule has 2 N–H and O–H groups in total. The summed E-state index contributed by atoms with van der Waals surface area (Å²) in [5.74, 6) is 0.562. The number of carbonyl (C=O) groups is 1. The van der Waals surface area contributed by atoms with Crippen LogP contribution in [0.1, 0.15) is 20.8 Å². The molecule has 0 bridgehead atoms. The highest BCUT2D eigenvalue weighted by Gasteiger charge is 2.30. The number of aliphatic hydroxyl groups is 1. The summed E-state index contributed by atoms with van der Waals surface area (Å²) < 4.78 is 28.6. The number of urea groups is 1. The number of nitrogens with one attached hydrogen (secondary N) is 1. The normalized spacial score (nSPS) is 19.4. The average molecular weight is 331 g/mol. The number of nitrogens with zero attached hydrogens (tertiary/aromatic N) is 3. The van der Waals surface area contributed by atoms with Crippen LogP contribution in [0.2, 0.25) is 0 Å². The first-order valence-electron chi connectivity index (χ1n) is 9.02. The van der Waals surface area contributed by atoms with E-state index in [1.54, 1.807) is 12.1 Å². The molecule has 1 aromatic heterocycles. The zero-order chi connectivity index (χ0) is 19.6. The Labute approximate surface area is 144 Å². The molecule has 1 aliphatic rings. The lowest BCUT2D eigenvalue weighted by atomic mass is 10.0. The molecule has 0 unspecified atom stereocenters. The second kappa shape index (κ2) is 6.84. The molecule has 0 spiro atoms. The Bertz CT molecular complexity index is 827. The van der Waals surface area contributed by atoms with Gasteiger partial charge in [-0.3, -0.25) is 4.90 Å². The highest BCUT2D eigenvalue weighted by molar-refractivity contribution is 5.92. The summed E-state index contributed by atoms with van der Waals surface area (Å²) >= 11 is 0. The number of benzene rings is 1. The lowest BCUT2D eigenvalue weighted by Gasteiger charge is -2.13. The van der Waals surface area contributed by atoms with Gasteiger partial charge in [0.15, 0.2) is 5.75 Å². The van der Waals surface area contributed by atoms with Crippen molar-refractivity contribution in [1.29, 1.82) is 0 Å². The highest BCUT2D eigenvalue weighted by atomic mass is 16.5. The predicted molar refractivity (Wildman–Crippen MR) is 89.0 cm³/mol. The number of aromatic nitrogens is 2. The van der Waals surface area contributed by atoms with Gasteiger partial charge in [-0.1, -0.05) is 18.2 Å². The van der Waals surface area contributed by atoms with E-state index < -0.39 is 6.85 Å². The maximum Gasteiger partial charge on any atom is 0.324 e. The van der Waals surface area contributed by atoms with Crippen molar-refractivity contribution in [2.75, 3.05) is 18.1 Å². The van der Waals surface area contributed by atoms with Crippen LogP contribution >= 0.6 is 0 Å². The van der Waals surface area contributed by atoms with E-state index in [1.165, 1.54) is 17.3 Å². The number of aliphatic hydroxyl groups excluding tert-OH is 1. The summed E-state index contributed by atoms with van der Waals surface area (Å²) in [6.07, 6.45) is 2.85. The largest absolute Gasteiger partial charge is 0.486 e. The number of amides is 2. The summed E-state index contributed by atoms with van der Waals surface area (Å²) in [6, 6.07) is 4.39. The molecular weight excluding hydrogens is 308 g/mol. The first kappa shape index (κ1) is 12.7. The van der Waals surface area contributed by atoms with Crippen LogP contribution in [-0.2, 0) is 6.61 Å². The van der Waals surface area contributed by atoms with Gasteiger partial charge in [0.25, 0.3) is 0 Å². The minimum Gasteiger partial charge on any atom is -0.486 e. The molecule has 126 valence electrons. The third-order valence-corrected chi connectivity index (χ3v) is 3.85. The van der Waals surface area contributed by atoms with Gasteiger partial charge in [0, 0.05) is 4.11 Å². The molecule has 1 fully saturated rings. The van der Waals surface area contributed by atoms with Crippen LogP contribution in [0.15, 0.2) is 30.6 Å². The molecule has 1 aliphatic heterocycles. The van der Waals surface area contributed by atoms with Crippen LogP contribution in [0, 0.1) is 13.8 Å². The topological polar surface area (TPSA) is 87.6 Å². The van der Waals surface area contributed by atoms with E-state index in [9.17, 15) is 4.79 Å². The van der Waals surface area contributed by atoms with E-state index in [1.807, 2.05) is 13.0 Å². The Hall–Kier alpha value is -2.67. The van der Waals surface area contributed by atoms with Crippen LogP contribution in [0.25, 0.3) is 0 Å². The van der Waals surface area contributed by atoms with Crippen molar-refractivity contribution >= 4 is 12.0 Å². The standard InChI is InChI=1S/C17H20N4O3/c1-11-4-3-5-12(2)15(11)10-24-14-6-18-16(19-7-14)21-8-13(9-22)20-17(21)23/h3-7,13,22H,8-10H2,1-2H3,(H,20,23)/t13-/m0/s1/i1D3. The molecule has 7 heteroatoms. The summed E-state index contributed by atoms with van der Waals surface area (Å²) in [5, 5.41) is 11.7. The minimum absolute atomic E-state index is 0.0693. The molecule has 7 nitrogen and oxygen atoms in total. The number of anilines is 1. The summed E-state index contributed by atoms with van der Waals surface area (Å²) in [5.41, 5.74) is 1.68. The Morgan fingerprint density at radius 2 is 2.17 bits per heavy atom. The van der Waals surface area contributed by atoms with E-state index in [-0.39, 0.29) is 43.3 Å². The van der Waals surface area contributed by atoms with E-state index in [0.29, 0.717) is 11.3 Å². The Morgan fingerprint density at radius 3 is 2.83 bits per heavy atom. The molecule has 1 aromatic carbocycles. The van der Waals surface area contributed by atoms with Crippen LogP contribution in [-0.4, -0.2) is 40.3 Å². The second-order valence-corrected chi connectivity index (χ2v) is 5.55. The van der Waals surface area contributed by atoms with Crippen LogP contribution in [0.4, 0.5) is 10.7 Å². The quantitative estimate of drug-likeness (QED) is 0.868. The van der Waals surface area contributed by atoms with E-state index in [4.69, 9.17) is 14.0 Å². The summed E-state index contributed by atoms with van der Waals surface area (Å²) in [4.78, 5) is 21.4. The van der Waals surface area contributed by atoms with Gasteiger partial charge in [-0.2, -0.15) is 0 Å². The first-order valence-corrected chi connectivity index (χ1v) is 7.52. The molecule has 2 aromatic rings. The monoisotopic (exact) mass is 331 g/mol. The Morgan fingerprint density at radius 1 is 1.42 bits per heavy atom. The van der Waals surface area contributed by atoms with Crippen molar-refractivity contribution in [2.45, 2.75) is 26.4 Å². The lowest BCUT2D eigenvalue weighted by molar-refractivity contribution is 0.239. The zero-order valence-electron chi connectivity index (χ0n) is 16.2. The summed E-state index contributed by atoms with van der Waals surface area (Å²) in [6.45, 7) is -0.208. The fraction of sp³-hybridized carbons (Fsp3) is 0.353. The number of aryl methyl sites for hydroxylation is 2. The maximum absolute atomic E-state index is 11.8. The molecule has 2 amide bonds. The average Bonchev–Trinajstić information content (AvgIpc) is 3.01. The van der Waals surface area contributed by atoms with Crippen molar-refractivity contribution in [3.05, 3.63) is 47.3 Å². The Balaban J connectivity index is 1.71. The number of rotatable bonds is 5. The fourth-order valence-electron chi connectivity index (χ4n) is 2.45. The predicted octanol–water partition coefficient (Wildman–Crippen LogP) is 1.56. The van der Waals surface area contributed by atoms with Crippen molar-refractivity contribution in [3.63, 3.8) is 0 Å². The molecule has 24 heavy (non-hydrogen) atoms. The van der Waals surface area contributed by atoms with Gasteiger partial charge in [0.2, 0.25) is 5.95 Å². The highest BCUT2D eigenvalue weighted by Crippen LogP contribution is 2.19. The molecule has 0 radical (unpaired) electrons. The van der Waals surface area contributed by atoms with Gasteiger partial charge in [0.1, 0.15) is 6.61 Å². The molecule has 2 heterocycles. The fourth-order valence-corrected chi connectivity index (χ4v) is 2.45. The third-order valence-electron chi connectivity index (χ3n) is 3.85. The van der Waals surface area contributed by atoms with Gasteiger partial charge < -0.3 is 15.2 Å². The van der Waals surface area contributed by atoms with Gasteiger partial charge >= 0.3 is 6.03 Å². The van der Waals surface area contributed by atoms with Crippen molar-refractivity contribution in [2.24, 2.45) is 0 Å². The van der Waals surface area contributed by atoms with Gasteiger partial charge in [-0.25, -0.2) is 14.8 Å². The smallest absolute Gasteiger partial charge is 0.324 e. The number of hydrogen-bond donors (Lipinski definition) is 2. The van der Waals surface area contributed by atoms with Gasteiger partial charge in [-0.05, 0) is 30.5 Å². The minimum atomic E-state index is -2.22. The van der Waals surface area contributed by atoms with Crippen LogP contribution < -0.4 is 15.0 Å². The zero-order valence-corrected chi connectivity index (χ0v) is 13.2. The lowest BCUT2D eigenvalue weighted by Crippen LogP contribution is -2.30. The molecule has 0 aliphatic carbocycles. The third kappa shape index (κ3) is 3.30. The van der Waals surface area contributed by atoms with Crippen LogP contribution in [0.3, 0.4) is 0 Å².